The zero-order chi connectivity index (χ0) is 14.7. The Kier molecular flexibility index (Phi) is 4.46. The molecule has 0 unspecified atom stereocenters. The van der Waals surface area contributed by atoms with Crippen LogP contribution in [0.15, 0.2) is 29.3 Å². The molecule has 0 amide bonds. The molecule has 0 bridgehead atoms. The molecule has 0 fully saturated rings. The van der Waals surface area contributed by atoms with Gasteiger partial charge in [0.1, 0.15) is 11.1 Å². The van der Waals surface area contributed by atoms with Crippen LogP contribution in [0.3, 0.4) is 0 Å². The molecule has 0 spiro atoms. The fourth-order valence-corrected chi connectivity index (χ4v) is 3.23. The van der Waals surface area contributed by atoms with E-state index in [1.165, 1.54) is 11.1 Å². The minimum atomic E-state index is 0.715. The number of hydrogen-bond acceptors (Lipinski definition) is 3. The van der Waals surface area contributed by atoms with Gasteiger partial charge in [-0.15, -0.1) is 11.8 Å². The maximum Gasteiger partial charge on any atom is 0.115 e. The van der Waals surface area contributed by atoms with E-state index in [4.69, 9.17) is 0 Å². The van der Waals surface area contributed by atoms with Crippen LogP contribution < -0.4 is 0 Å². The number of rotatable bonds is 3. The summed E-state index contributed by atoms with van der Waals surface area (Å²) in [6.45, 7) is 8.14. The highest BCUT2D eigenvalue weighted by atomic mass is 32.2. The Morgan fingerprint density at radius 3 is 2.45 bits per heavy atom. The van der Waals surface area contributed by atoms with E-state index in [1.54, 1.807) is 11.8 Å². The molecule has 0 saturated heterocycles. The van der Waals surface area contributed by atoms with E-state index in [1.807, 2.05) is 32.9 Å². The van der Waals surface area contributed by atoms with Crippen molar-refractivity contribution >= 4 is 11.8 Å². The first-order chi connectivity index (χ1) is 9.54. The number of nitriles is 1. The molecule has 2 aromatic rings. The third kappa shape index (κ3) is 2.86. The van der Waals surface area contributed by atoms with Gasteiger partial charge in [-0.25, -0.2) is 4.98 Å². The summed E-state index contributed by atoms with van der Waals surface area (Å²) in [7, 11) is 0. The molecular weight excluding hydrogens is 264 g/mol. The van der Waals surface area contributed by atoms with E-state index in [9.17, 15) is 5.26 Å². The van der Waals surface area contributed by atoms with Crippen molar-refractivity contribution in [3.63, 3.8) is 0 Å². The average Bonchev–Trinajstić information content (AvgIpc) is 2.44. The summed E-state index contributed by atoms with van der Waals surface area (Å²) < 4.78 is 0. The molecule has 1 aromatic heterocycles. The topological polar surface area (TPSA) is 36.7 Å². The summed E-state index contributed by atoms with van der Waals surface area (Å²) in [5.41, 5.74) is 6.45. The quantitative estimate of drug-likeness (QED) is 0.779. The average molecular weight is 282 g/mol. The van der Waals surface area contributed by atoms with Crippen LogP contribution in [0.4, 0.5) is 0 Å². The second-order valence-corrected chi connectivity index (χ2v) is 5.92. The van der Waals surface area contributed by atoms with Crippen LogP contribution in [0.25, 0.3) is 0 Å². The van der Waals surface area contributed by atoms with Gasteiger partial charge in [-0.1, -0.05) is 24.3 Å². The normalized spacial score (nSPS) is 10.3. The van der Waals surface area contributed by atoms with E-state index in [2.05, 4.69) is 30.1 Å². The number of benzene rings is 1. The molecule has 3 heteroatoms. The van der Waals surface area contributed by atoms with E-state index >= 15 is 0 Å². The lowest BCUT2D eigenvalue weighted by Crippen LogP contribution is -1.99. The van der Waals surface area contributed by atoms with Crippen LogP contribution in [0, 0.1) is 39.0 Å². The summed E-state index contributed by atoms with van der Waals surface area (Å²) in [5.74, 6) is 0.844. The molecule has 102 valence electrons. The fourth-order valence-electron chi connectivity index (χ4n) is 2.07. The number of aromatic nitrogens is 1. The molecule has 0 N–H and O–H groups in total. The molecule has 0 aliphatic rings. The van der Waals surface area contributed by atoms with Crippen LogP contribution in [0.1, 0.15) is 33.5 Å². The highest BCUT2D eigenvalue weighted by Crippen LogP contribution is 2.29. The summed E-state index contributed by atoms with van der Waals surface area (Å²) in [5, 5.41) is 10.2. The maximum atomic E-state index is 9.36. The van der Waals surface area contributed by atoms with Crippen LogP contribution in [0.5, 0.6) is 0 Å². The van der Waals surface area contributed by atoms with Crippen molar-refractivity contribution in [2.45, 2.75) is 38.5 Å². The fraction of sp³-hybridized carbons (Fsp3) is 0.294. The van der Waals surface area contributed by atoms with Crippen LogP contribution in [0.2, 0.25) is 0 Å². The van der Waals surface area contributed by atoms with Crippen molar-refractivity contribution in [1.82, 2.24) is 4.98 Å². The standard InChI is InChI=1S/C17H18N2S/c1-11-7-5-6-8-15(11)10-20-17-16(9-18)13(3)12(2)14(4)19-17/h5-8H,10H2,1-4H3. The van der Waals surface area contributed by atoms with Gasteiger partial charge >= 0.3 is 0 Å². The first-order valence-corrected chi connectivity index (χ1v) is 7.58. The Labute approximate surface area is 124 Å². The Bertz CT molecular complexity index is 684. The second kappa shape index (κ2) is 6.11. The molecule has 0 atom stereocenters. The minimum absolute atomic E-state index is 0.715. The van der Waals surface area contributed by atoms with Gasteiger partial charge in [0.2, 0.25) is 0 Å². The molecular formula is C17H18N2S. The van der Waals surface area contributed by atoms with Crippen molar-refractivity contribution in [2.75, 3.05) is 0 Å². The molecule has 0 saturated carbocycles. The van der Waals surface area contributed by atoms with Crippen LogP contribution in [-0.4, -0.2) is 4.98 Å². The third-order valence-electron chi connectivity index (χ3n) is 3.70. The summed E-state index contributed by atoms with van der Waals surface area (Å²) in [4.78, 5) is 4.59. The SMILES string of the molecule is Cc1ccccc1CSc1nc(C)c(C)c(C)c1C#N. The predicted molar refractivity (Wildman–Crippen MR) is 83.9 cm³/mol. The second-order valence-electron chi connectivity index (χ2n) is 4.95. The molecule has 0 aliphatic carbocycles. The molecule has 2 rings (SSSR count). The van der Waals surface area contributed by atoms with E-state index in [-0.39, 0.29) is 0 Å². The third-order valence-corrected chi connectivity index (χ3v) is 4.72. The van der Waals surface area contributed by atoms with Crippen molar-refractivity contribution in [2.24, 2.45) is 0 Å². The van der Waals surface area contributed by atoms with Gasteiger partial charge in [0, 0.05) is 11.4 Å². The number of nitrogens with zero attached hydrogens (tertiary/aromatic N) is 2. The van der Waals surface area contributed by atoms with Crippen molar-refractivity contribution in [3.8, 4) is 6.07 Å². The molecule has 1 aromatic carbocycles. The molecule has 2 nitrogen and oxygen atoms in total. The maximum absolute atomic E-state index is 9.36. The van der Waals surface area contributed by atoms with Crippen LogP contribution in [-0.2, 0) is 5.75 Å². The van der Waals surface area contributed by atoms with Gasteiger partial charge in [-0.05, 0) is 49.9 Å². The smallest absolute Gasteiger partial charge is 0.115 e. The van der Waals surface area contributed by atoms with Gasteiger partial charge in [0.05, 0.1) is 5.56 Å². The first kappa shape index (κ1) is 14.6. The zero-order valence-corrected chi connectivity index (χ0v) is 13.1. The molecule has 1 heterocycles. The van der Waals surface area contributed by atoms with Gasteiger partial charge in [-0.2, -0.15) is 5.26 Å². The summed E-state index contributed by atoms with van der Waals surface area (Å²) in [6.07, 6.45) is 0. The summed E-state index contributed by atoms with van der Waals surface area (Å²) >= 11 is 1.64. The van der Waals surface area contributed by atoms with Crippen molar-refractivity contribution in [3.05, 3.63) is 57.8 Å². The minimum Gasteiger partial charge on any atom is -0.245 e. The van der Waals surface area contributed by atoms with E-state index in [0.717, 1.165) is 27.6 Å². The first-order valence-electron chi connectivity index (χ1n) is 6.59. The Morgan fingerprint density at radius 1 is 1.10 bits per heavy atom. The lowest BCUT2D eigenvalue weighted by molar-refractivity contribution is 0.998. The van der Waals surface area contributed by atoms with Crippen molar-refractivity contribution in [1.29, 1.82) is 5.26 Å². The highest BCUT2D eigenvalue weighted by molar-refractivity contribution is 7.98. The number of hydrogen-bond donors (Lipinski definition) is 0. The molecule has 0 aliphatic heterocycles. The van der Waals surface area contributed by atoms with E-state index in [0.29, 0.717) is 5.56 Å². The van der Waals surface area contributed by atoms with Crippen molar-refractivity contribution < 1.29 is 0 Å². The van der Waals surface area contributed by atoms with Gasteiger partial charge in [-0.3, -0.25) is 0 Å². The van der Waals surface area contributed by atoms with E-state index < -0.39 is 0 Å². The van der Waals surface area contributed by atoms with Gasteiger partial charge < -0.3 is 0 Å². The largest absolute Gasteiger partial charge is 0.245 e. The van der Waals surface area contributed by atoms with Crippen LogP contribution >= 0.6 is 11.8 Å². The molecule has 20 heavy (non-hydrogen) atoms. The Hall–Kier alpha value is -1.79. The number of pyridine rings is 1. The Balaban J connectivity index is 2.31. The highest BCUT2D eigenvalue weighted by Gasteiger charge is 2.13. The molecule has 0 radical (unpaired) electrons. The van der Waals surface area contributed by atoms with Gasteiger partial charge in [0.25, 0.3) is 0 Å². The zero-order valence-electron chi connectivity index (χ0n) is 12.3. The lowest BCUT2D eigenvalue weighted by atomic mass is 10.1. The summed E-state index contributed by atoms with van der Waals surface area (Å²) in [6, 6.07) is 10.6. The number of thioether (sulfide) groups is 1. The van der Waals surface area contributed by atoms with Gasteiger partial charge in [0.15, 0.2) is 0 Å². The lowest BCUT2D eigenvalue weighted by Gasteiger charge is -2.11. The Morgan fingerprint density at radius 2 is 1.80 bits per heavy atom. The predicted octanol–water partition coefficient (Wildman–Crippen LogP) is 4.48. The monoisotopic (exact) mass is 282 g/mol. The number of aryl methyl sites for hydroxylation is 2.